The first kappa shape index (κ1) is 9.06. The van der Waals surface area contributed by atoms with Crippen molar-refractivity contribution >= 4 is 5.82 Å². The molecule has 68 valence electrons. The number of hydrogen-bond acceptors (Lipinski definition) is 4. The summed E-state index contributed by atoms with van der Waals surface area (Å²) in [7, 11) is 0. The molecule has 0 aliphatic rings. The summed E-state index contributed by atoms with van der Waals surface area (Å²) in [5.74, 6) is 1.29. The summed E-state index contributed by atoms with van der Waals surface area (Å²) < 4.78 is 4.98. The van der Waals surface area contributed by atoms with Crippen LogP contribution in [0.4, 0.5) is 5.82 Å². The van der Waals surface area contributed by atoms with Crippen LogP contribution >= 0.6 is 0 Å². The zero-order valence-corrected chi connectivity index (χ0v) is 7.58. The summed E-state index contributed by atoms with van der Waals surface area (Å²) in [5, 5.41) is 3.61. The van der Waals surface area contributed by atoms with Crippen LogP contribution in [-0.2, 0) is 6.54 Å². The van der Waals surface area contributed by atoms with Crippen LogP contribution in [0.25, 0.3) is 0 Å². The van der Waals surface area contributed by atoms with Gasteiger partial charge in [-0.3, -0.25) is 4.90 Å². The van der Waals surface area contributed by atoms with E-state index in [1.807, 2.05) is 0 Å². The van der Waals surface area contributed by atoms with Crippen molar-refractivity contribution in [2.75, 3.05) is 18.8 Å². The molecule has 4 heteroatoms. The van der Waals surface area contributed by atoms with Crippen LogP contribution in [0.3, 0.4) is 0 Å². The van der Waals surface area contributed by atoms with Crippen molar-refractivity contribution < 1.29 is 4.52 Å². The van der Waals surface area contributed by atoms with Crippen LogP contribution in [-0.4, -0.2) is 23.1 Å². The maximum absolute atomic E-state index is 5.41. The maximum atomic E-state index is 5.41. The van der Waals surface area contributed by atoms with Crippen molar-refractivity contribution in [2.45, 2.75) is 20.4 Å². The predicted octanol–water partition coefficient (Wildman–Crippen LogP) is 1.10. The number of rotatable bonds is 4. The highest BCUT2D eigenvalue weighted by Gasteiger charge is 2.05. The van der Waals surface area contributed by atoms with Gasteiger partial charge in [0.1, 0.15) is 0 Å². The van der Waals surface area contributed by atoms with Crippen molar-refractivity contribution in [1.82, 2.24) is 10.1 Å². The van der Waals surface area contributed by atoms with E-state index in [-0.39, 0.29) is 0 Å². The summed E-state index contributed by atoms with van der Waals surface area (Å²) in [5.41, 5.74) is 5.41. The molecular weight excluding hydrogens is 154 g/mol. The standard InChI is InChI=1S/C8H15N3O/c1-3-11(4-2)6-7-5-8(9)10-12-7/h5H,3-4,6H2,1-2H3,(H2,9,10). The van der Waals surface area contributed by atoms with Gasteiger partial charge in [0, 0.05) is 6.07 Å². The first-order valence-corrected chi connectivity index (χ1v) is 4.19. The highest BCUT2D eigenvalue weighted by atomic mass is 16.5. The topological polar surface area (TPSA) is 55.3 Å². The number of nitrogen functional groups attached to an aromatic ring is 1. The molecule has 1 heterocycles. The molecule has 0 atom stereocenters. The smallest absolute Gasteiger partial charge is 0.167 e. The number of hydrogen-bond donors (Lipinski definition) is 1. The zero-order valence-electron chi connectivity index (χ0n) is 7.58. The lowest BCUT2D eigenvalue weighted by molar-refractivity contribution is 0.252. The first-order valence-electron chi connectivity index (χ1n) is 4.19. The van der Waals surface area contributed by atoms with Crippen molar-refractivity contribution in [3.05, 3.63) is 11.8 Å². The summed E-state index contributed by atoms with van der Waals surface area (Å²) in [6.45, 7) is 7.04. The largest absolute Gasteiger partial charge is 0.381 e. The van der Waals surface area contributed by atoms with E-state index < -0.39 is 0 Å². The molecule has 0 amide bonds. The van der Waals surface area contributed by atoms with Crippen molar-refractivity contribution in [1.29, 1.82) is 0 Å². The Morgan fingerprint density at radius 2 is 2.17 bits per heavy atom. The van der Waals surface area contributed by atoms with Crippen molar-refractivity contribution in [3.8, 4) is 0 Å². The van der Waals surface area contributed by atoms with E-state index in [4.69, 9.17) is 10.3 Å². The molecule has 0 aliphatic carbocycles. The average Bonchev–Trinajstić information content (AvgIpc) is 2.47. The van der Waals surface area contributed by atoms with E-state index in [1.165, 1.54) is 0 Å². The minimum absolute atomic E-state index is 0.456. The number of aromatic nitrogens is 1. The van der Waals surface area contributed by atoms with Crippen LogP contribution in [0.5, 0.6) is 0 Å². The maximum Gasteiger partial charge on any atom is 0.167 e. The SMILES string of the molecule is CCN(CC)Cc1cc(N)no1. The lowest BCUT2D eigenvalue weighted by Gasteiger charge is -2.14. The van der Waals surface area contributed by atoms with E-state index in [0.717, 1.165) is 25.4 Å². The van der Waals surface area contributed by atoms with Crippen LogP contribution in [0.15, 0.2) is 10.6 Å². The van der Waals surface area contributed by atoms with Crippen molar-refractivity contribution in [3.63, 3.8) is 0 Å². The van der Waals surface area contributed by atoms with Gasteiger partial charge in [-0.15, -0.1) is 0 Å². The summed E-state index contributed by atoms with van der Waals surface area (Å²) in [6, 6.07) is 1.76. The van der Waals surface area contributed by atoms with Gasteiger partial charge in [0.25, 0.3) is 0 Å². The molecule has 0 spiro atoms. The Morgan fingerprint density at radius 1 is 1.50 bits per heavy atom. The normalized spacial score (nSPS) is 10.9. The van der Waals surface area contributed by atoms with E-state index in [2.05, 4.69) is 23.9 Å². The Labute approximate surface area is 72.3 Å². The van der Waals surface area contributed by atoms with E-state index in [1.54, 1.807) is 6.07 Å². The fourth-order valence-electron chi connectivity index (χ4n) is 1.07. The van der Waals surface area contributed by atoms with Gasteiger partial charge in [-0.05, 0) is 13.1 Å². The first-order chi connectivity index (χ1) is 5.76. The molecule has 4 nitrogen and oxygen atoms in total. The van der Waals surface area contributed by atoms with Gasteiger partial charge in [-0.1, -0.05) is 19.0 Å². The monoisotopic (exact) mass is 169 g/mol. The van der Waals surface area contributed by atoms with Crippen LogP contribution in [0.2, 0.25) is 0 Å². The zero-order chi connectivity index (χ0) is 8.97. The molecule has 12 heavy (non-hydrogen) atoms. The second-order valence-electron chi connectivity index (χ2n) is 2.68. The van der Waals surface area contributed by atoms with Gasteiger partial charge in [0.2, 0.25) is 0 Å². The Morgan fingerprint density at radius 3 is 2.58 bits per heavy atom. The second-order valence-corrected chi connectivity index (χ2v) is 2.68. The highest BCUT2D eigenvalue weighted by molar-refractivity contribution is 5.26. The molecule has 0 aromatic carbocycles. The Bertz CT molecular complexity index is 230. The molecule has 0 saturated carbocycles. The summed E-state index contributed by atoms with van der Waals surface area (Å²) in [6.07, 6.45) is 0. The van der Waals surface area contributed by atoms with Gasteiger partial charge >= 0.3 is 0 Å². The van der Waals surface area contributed by atoms with Crippen LogP contribution in [0.1, 0.15) is 19.6 Å². The minimum atomic E-state index is 0.456. The third-order valence-electron chi connectivity index (χ3n) is 1.85. The molecule has 0 fully saturated rings. The molecule has 2 N–H and O–H groups in total. The Kier molecular flexibility index (Phi) is 3.10. The highest BCUT2D eigenvalue weighted by Crippen LogP contribution is 2.07. The Balaban J connectivity index is 2.50. The van der Waals surface area contributed by atoms with E-state index >= 15 is 0 Å². The lowest BCUT2D eigenvalue weighted by Crippen LogP contribution is -2.21. The molecule has 1 aromatic heterocycles. The number of nitrogens with zero attached hydrogens (tertiary/aromatic N) is 2. The number of nitrogens with two attached hydrogens (primary N) is 1. The third-order valence-corrected chi connectivity index (χ3v) is 1.85. The number of anilines is 1. The molecule has 0 radical (unpaired) electrons. The van der Waals surface area contributed by atoms with Gasteiger partial charge in [0.15, 0.2) is 11.6 Å². The third kappa shape index (κ3) is 2.23. The van der Waals surface area contributed by atoms with E-state index in [0.29, 0.717) is 5.82 Å². The minimum Gasteiger partial charge on any atom is -0.381 e. The van der Waals surface area contributed by atoms with Crippen LogP contribution in [0, 0.1) is 0 Å². The fourth-order valence-corrected chi connectivity index (χ4v) is 1.07. The summed E-state index contributed by atoms with van der Waals surface area (Å²) in [4.78, 5) is 2.24. The fraction of sp³-hybridized carbons (Fsp3) is 0.625. The lowest BCUT2D eigenvalue weighted by atomic mass is 10.4. The van der Waals surface area contributed by atoms with Crippen molar-refractivity contribution in [2.24, 2.45) is 0 Å². The Hall–Kier alpha value is -1.03. The summed E-state index contributed by atoms with van der Waals surface area (Å²) >= 11 is 0. The molecule has 0 unspecified atom stereocenters. The molecule has 0 saturated heterocycles. The predicted molar refractivity (Wildman–Crippen MR) is 47.5 cm³/mol. The van der Waals surface area contributed by atoms with E-state index in [9.17, 15) is 0 Å². The average molecular weight is 169 g/mol. The van der Waals surface area contributed by atoms with Gasteiger partial charge in [-0.2, -0.15) is 0 Å². The van der Waals surface area contributed by atoms with Crippen LogP contribution < -0.4 is 5.73 Å². The molecule has 1 rings (SSSR count). The molecule has 0 aliphatic heterocycles. The molecule has 1 aromatic rings. The van der Waals surface area contributed by atoms with Gasteiger partial charge in [0.05, 0.1) is 6.54 Å². The quantitative estimate of drug-likeness (QED) is 0.733. The van der Waals surface area contributed by atoms with Gasteiger partial charge in [-0.25, -0.2) is 0 Å². The second kappa shape index (κ2) is 4.11. The van der Waals surface area contributed by atoms with Gasteiger partial charge < -0.3 is 10.3 Å². The molecular formula is C8H15N3O. The molecule has 0 bridgehead atoms.